The number of para-hydroxylation sites is 1. The number of rotatable bonds is 5. The Hall–Kier alpha value is -1.94. The van der Waals surface area contributed by atoms with E-state index in [-0.39, 0.29) is 5.69 Å². The van der Waals surface area contributed by atoms with Crippen LogP contribution in [0, 0.1) is 0 Å². The van der Waals surface area contributed by atoms with E-state index < -0.39 is 22.5 Å². The Balaban J connectivity index is 2.47. The molecule has 0 atom stereocenters. The fourth-order valence-corrected chi connectivity index (χ4v) is 4.62. The molecule has 8 heteroatoms. The molecule has 0 aliphatic rings. The van der Waals surface area contributed by atoms with Gasteiger partial charge in [-0.2, -0.15) is 5.21 Å². The Morgan fingerprint density at radius 2 is 1.65 bits per heavy atom. The molecule has 1 N–H and O–H groups in total. The van der Waals surface area contributed by atoms with Crippen LogP contribution in [0.5, 0.6) is 0 Å². The summed E-state index contributed by atoms with van der Waals surface area (Å²) in [4.78, 5) is 12.5. The molecule has 124 valence electrons. The highest BCUT2D eigenvalue weighted by molar-refractivity contribution is 6.81. The summed E-state index contributed by atoms with van der Waals surface area (Å²) in [6.45, 7) is 12.5. The normalized spacial score (nSPS) is 12.1. The molecule has 0 spiro atoms. The number of aromatic amines is 1. The highest BCUT2D eigenvalue weighted by atomic mass is 28.4. The third-order valence-corrected chi connectivity index (χ3v) is 5.63. The van der Waals surface area contributed by atoms with Crippen molar-refractivity contribution in [3.8, 4) is 0 Å². The Morgan fingerprint density at radius 3 is 2.17 bits per heavy atom. The Morgan fingerprint density at radius 1 is 1.04 bits per heavy atom. The lowest BCUT2D eigenvalue weighted by Gasteiger charge is -2.34. The van der Waals surface area contributed by atoms with Crippen molar-refractivity contribution in [2.75, 3.05) is 4.57 Å². The molecule has 0 aliphatic heterocycles. The number of hydrogen-bond acceptors (Lipinski definition) is 5. The molecule has 0 saturated heterocycles. The molecule has 0 radical (unpaired) electrons. The van der Waals surface area contributed by atoms with Gasteiger partial charge in [0, 0.05) is 5.69 Å². The van der Waals surface area contributed by atoms with Crippen molar-refractivity contribution >= 4 is 34.0 Å². The molecule has 1 heterocycles. The second-order valence-electron chi connectivity index (χ2n) is 7.34. The topological polar surface area (TPSA) is 71.1 Å². The standard InChI is InChI=1S/C15H24N4O2Si2/c1-22(2,3)19(12-10-8-7-9-11-12)14-13(16-18-17-14)15(20)21-23(4,5)6/h7-11H,1-6H3,(H,16,17,18). The fourth-order valence-electron chi connectivity index (χ4n) is 2.25. The Kier molecular flexibility index (Phi) is 4.76. The van der Waals surface area contributed by atoms with E-state index in [0.717, 1.165) is 5.69 Å². The fraction of sp³-hybridized carbons (Fsp3) is 0.400. The number of H-pyrrole nitrogens is 1. The summed E-state index contributed by atoms with van der Waals surface area (Å²) in [5, 5.41) is 10.9. The highest BCUT2D eigenvalue weighted by Crippen LogP contribution is 2.31. The first-order valence-corrected chi connectivity index (χ1v) is 14.4. The van der Waals surface area contributed by atoms with Crippen molar-refractivity contribution in [3.63, 3.8) is 0 Å². The molecule has 0 aliphatic carbocycles. The maximum atomic E-state index is 12.5. The summed E-state index contributed by atoms with van der Waals surface area (Å²) < 4.78 is 7.71. The van der Waals surface area contributed by atoms with Gasteiger partial charge in [0.25, 0.3) is 0 Å². The van der Waals surface area contributed by atoms with E-state index >= 15 is 0 Å². The van der Waals surface area contributed by atoms with Crippen LogP contribution in [-0.2, 0) is 4.43 Å². The van der Waals surface area contributed by atoms with Gasteiger partial charge in [0.15, 0.2) is 14.1 Å². The highest BCUT2D eigenvalue weighted by Gasteiger charge is 2.34. The minimum atomic E-state index is -2.00. The lowest BCUT2D eigenvalue weighted by Crippen LogP contribution is -2.44. The summed E-state index contributed by atoms with van der Waals surface area (Å²) in [6.07, 6.45) is 0. The third-order valence-electron chi connectivity index (χ3n) is 3.02. The zero-order valence-electron chi connectivity index (χ0n) is 14.5. The Labute approximate surface area is 139 Å². The van der Waals surface area contributed by atoms with Crippen molar-refractivity contribution in [2.24, 2.45) is 0 Å². The van der Waals surface area contributed by atoms with E-state index in [1.165, 1.54) is 0 Å². The van der Waals surface area contributed by atoms with Crippen molar-refractivity contribution in [1.82, 2.24) is 15.4 Å². The van der Waals surface area contributed by atoms with Crippen LogP contribution >= 0.6 is 0 Å². The van der Waals surface area contributed by atoms with Gasteiger partial charge >= 0.3 is 5.97 Å². The van der Waals surface area contributed by atoms with Crippen molar-refractivity contribution in [2.45, 2.75) is 39.3 Å². The first-order valence-electron chi connectivity index (χ1n) is 7.59. The number of aromatic nitrogens is 3. The van der Waals surface area contributed by atoms with Gasteiger partial charge in [-0.05, 0) is 31.8 Å². The number of hydrogen-bond donors (Lipinski definition) is 1. The van der Waals surface area contributed by atoms with Gasteiger partial charge in [0.1, 0.15) is 0 Å². The van der Waals surface area contributed by atoms with Crippen LogP contribution in [0.4, 0.5) is 11.5 Å². The van der Waals surface area contributed by atoms with Gasteiger partial charge in [-0.15, -0.1) is 10.2 Å². The van der Waals surface area contributed by atoms with Gasteiger partial charge in [-0.3, -0.25) is 0 Å². The largest absolute Gasteiger partial charge is 0.515 e. The zero-order chi connectivity index (χ0) is 17.3. The van der Waals surface area contributed by atoms with E-state index in [1.54, 1.807) is 0 Å². The number of anilines is 2. The summed E-state index contributed by atoms with van der Waals surface area (Å²) in [7, 11) is -3.85. The number of nitrogens with one attached hydrogen (secondary N) is 1. The molecule has 1 aromatic carbocycles. The second-order valence-corrected chi connectivity index (χ2v) is 16.6. The van der Waals surface area contributed by atoms with Crippen LogP contribution in [0.15, 0.2) is 30.3 Å². The predicted octanol–water partition coefficient (Wildman–Crippen LogP) is 3.77. The van der Waals surface area contributed by atoms with Crippen LogP contribution in [0.2, 0.25) is 39.3 Å². The maximum absolute atomic E-state index is 12.5. The number of nitrogens with zero attached hydrogens (tertiary/aromatic N) is 3. The average molecular weight is 349 g/mol. The van der Waals surface area contributed by atoms with Crippen molar-refractivity contribution in [1.29, 1.82) is 0 Å². The minimum absolute atomic E-state index is 0.249. The lowest BCUT2D eigenvalue weighted by atomic mass is 10.3. The molecule has 2 rings (SSSR count). The van der Waals surface area contributed by atoms with Crippen LogP contribution in [0.1, 0.15) is 10.5 Å². The van der Waals surface area contributed by atoms with E-state index in [1.807, 2.05) is 50.0 Å². The Bertz CT molecular complexity index is 675. The monoisotopic (exact) mass is 348 g/mol. The molecule has 6 nitrogen and oxygen atoms in total. The summed E-state index contributed by atoms with van der Waals surface area (Å²) in [6, 6.07) is 9.95. The van der Waals surface area contributed by atoms with Gasteiger partial charge in [0.05, 0.1) is 0 Å². The molecule has 0 fully saturated rings. The third kappa shape index (κ3) is 4.29. The summed E-state index contributed by atoms with van der Waals surface area (Å²) >= 11 is 0. The van der Waals surface area contributed by atoms with Crippen LogP contribution in [-0.4, -0.2) is 37.9 Å². The van der Waals surface area contributed by atoms with E-state index in [4.69, 9.17) is 4.43 Å². The lowest BCUT2D eigenvalue weighted by molar-refractivity contribution is 0.0719. The molecule has 0 amide bonds. The molecule has 0 unspecified atom stereocenters. The number of carbonyl (C=O) groups is 1. The van der Waals surface area contributed by atoms with E-state index in [0.29, 0.717) is 5.82 Å². The van der Waals surface area contributed by atoms with Crippen molar-refractivity contribution in [3.05, 3.63) is 36.0 Å². The van der Waals surface area contributed by atoms with Gasteiger partial charge in [-0.1, -0.05) is 37.8 Å². The smallest absolute Gasteiger partial charge is 0.349 e. The predicted molar refractivity (Wildman–Crippen MR) is 97.1 cm³/mol. The average Bonchev–Trinajstić information content (AvgIpc) is 2.85. The molecular weight excluding hydrogens is 324 g/mol. The molecule has 0 bridgehead atoms. The molecule has 2 aromatic rings. The van der Waals surface area contributed by atoms with Gasteiger partial charge in [0.2, 0.25) is 14.0 Å². The second kappa shape index (κ2) is 6.28. The molecule has 23 heavy (non-hydrogen) atoms. The molecular formula is C15H24N4O2Si2. The van der Waals surface area contributed by atoms with Crippen LogP contribution in [0.3, 0.4) is 0 Å². The molecule has 0 saturated carbocycles. The van der Waals surface area contributed by atoms with Crippen LogP contribution < -0.4 is 4.57 Å². The SMILES string of the molecule is C[Si](C)(C)OC(=O)c1n[nH]nc1N(c1ccccc1)[Si](C)(C)C. The van der Waals surface area contributed by atoms with E-state index in [9.17, 15) is 4.79 Å². The first-order chi connectivity index (χ1) is 10.6. The van der Waals surface area contributed by atoms with Gasteiger partial charge in [-0.25, -0.2) is 4.79 Å². The number of benzene rings is 1. The van der Waals surface area contributed by atoms with Crippen molar-refractivity contribution < 1.29 is 9.22 Å². The first kappa shape index (κ1) is 17.4. The zero-order valence-corrected chi connectivity index (χ0v) is 16.5. The summed E-state index contributed by atoms with van der Waals surface area (Å²) in [5.41, 5.74) is 1.25. The van der Waals surface area contributed by atoms with Gasteiger partial charge < -0.3 is 8.99 Å². The minimum Gasteiger partial charge on any atom is -0.515 e. The van der Waals surface area contributed by atoms with Crippen LogP contribution in [0.25, 0.3) is 0 Å². The molecule has 1 aromatic heterocycles. The van der Waals surface area contributed by atoms with E-state index in [2.05, 4.69) is 39.6 Å². The number of carbonyl (C=O) groups excluding carboxylic acids is 1. The summed E-state index contributed by atoms with van der Waals surface area (Å²) in [5.74, 6) is 0.130. The maximum Gasteiger partial charge on any atom is 0.349 e. The quantitative estimate of drug-likeness (QED) is 0.833.